The van der Waals surface area contributed by atoms with Crippen LogP contribution in [-0.4, -0.2) is 68.9 Å². The van der Waals surface area contributed by atoms with Gasteiger partial charge in [-0.05, 0) is 49.1 Å². The molecule has 1 saturated heterocycles. The first kappa shape index (κ1) is 29.2. The molecule has 0 atom stereocenters. The number of nitrogens with zero attached hydrogens (tertiary/aromatic N) is 2. The summed E-state index contributed by atoms with van der Waals surface area (Å²) in [4.78, 5) is 15.9. The number of nitrogens with one attached hydrogen (secondary N) is 3. The molecule has 0 bridgehead atoms. The van der Waals surface area contributed by atoms with Gasteiger partial charge < -0.3 is 20.5 Å². The molecule has 2 amide bonds. The number of carbonyl (C=O) groups excluding carboxylic acids is 1. The van der Waals surface area contributed by atoms with Crippen molar-refractivity contribution in [3.63, 3.8) is 0 Å². The summed E-state index contributed by atoms with van der Waals surface area (Å²) >= 11 is 0. The topological polar surface area (TPSA) is 139 Å². The number of hydrogen-bond acceptors (Lipinski definition) is 7. The van der Waals surface area contributed by atoms with E-state index in [-0.39, 0.29) is 40.5 Å². The number of pyridine rings is 1. The second kappa shape index (κ2) is 11.4. The summed E-state index contributed by atoms with van der Waals surface area (Å²) in [6.07, 6.45) is -1.53. The molecule has 10 nitrogen and oxygen atoms in total. The highest BCUT2D eigenvalue weighted by Gasteiger charge is 2.30. The number of halogens is 3. The van der Waals surface area contributed by atoms with E-state index in [4.69, 9.17) is 0 Å². The first-order valence-electron chi connectivity index (χ1n) is 12.1. The predicted octanol–water partition coefficient (Wildman–Crippen LogP) is 3.16. The number of aromatic nitrogens is 2. The SMILES string of the molecule is CS(=O)(=O)c1ccc(NC(=O)NCC#Cc2cc3c(NC4CCS(=O)(=O)CC4)cccc3n2CC(F)(F)F)cn1. The van der Waals surface area contributed by atoms with Crippen molar-refractivity contribution >= 4 is 48.0 Å². The van der Waals surface area contributed by atoms with E-state index >= 15 is 0 Å². The van der Waals surface area contributed by atoms with Crippen molar-refractivity contribution in [2.75, 3.05) is 34.9 Å². The molecule has 0 radical (unpaired) electrons. The van der Waals surface area contributed by atoms with Crippen LogP contribution in [0.5, 0.6) is 0 Å². The molecule has 40 heavy (non-hydrogen) atoms. The summed E-state index contributed by atoms with van der Waals surface area (Å²) in [6, 6.07) is 8.24. The van der Waals surface area contributed by atoms with Crippen LogP contribution < -0.4 is 16.0 Å². The molecule has 1 fully saturated rings. The Bertz CT molecular complexity index is 1680. The van der Waals surface area contributed by atoms with E-state index in [2.05, 4.69) is 32.8 Å². The van der Waals surface area contributed by atoms with Crippen LogP contribution in [0.15, 0.2) is 47.6 Å². The number of rotatable bonds is 6. The summed E-state index contributed by atoms with van der Waals surface area (Å²) in [6.45, 7) is -1.45. The quantitative estimate of drug-likeness (QED) is 0.371. The normalized spacial score (nSPS) is 15.7. The molecule has 0 unspecified atom stereocenters. The van der Waals surface area contributed by atoms with E-state index < -0.39 is 38.4 Å². The van der Waals surface area contributed by atoms with Crippen molar-refractivity contribution in [3.05, 3.63) is 48.3 Å². The Balaban J connectivity index is 1.48. The number of benzene rings is 1. The van der Waals surface area contributed by atoms with Gasteiger partial charge in [0.1, 0.15) is 16.4 Å². The van der Waals surface area contributed by atoms with Crippen molar-refractivity contribution in [2.24, 2.45) is 0 Å². The number of urea groups is 1. The lowest BCUT2D eigenvalue weighted by Gasteiger charge is -2.24. The molecule has 1 aliphatic heterocycles. The molecule has 0 saturated carbocycles. The predicted molar refractivity (Wildman–Crippen MR) is 145 cm³/mol. The minimum absolute atomic E-state index is 0.0511. The van der Waals surface area contributed by atoms with Gasteiger partial charge in [-0.2, -0.15) is 13.2 Å². The van der Waals surface area contributed by atoms with Crippen LogP contribution >= 0.6 is 0 Å². The van der Waals surface area contributed by atoms with E-state index in [0.29, 0.717) is 29.4 Å². The third-order valence-electron chi connectivity index (χ3n) is 6.13. The van der Waals surface area contributed by atoms with Crippen LogP contribution in [0.2, 0.25) is 0 Å². The Morgan fingerprint density at radius 1 is 1.18 bits per heavy atom. The van der Waals surface area contributed by atoms with E-state index in [9.17, 15) is 34.8 Å². The smallest absolute Gasteiger partial charge is 0.382 e. The van der Waals surface area contributed by atoms with Crippen LogP contribution in [0.4, 0.5) is 29.3 Å². The fraction of sp³-hybridized carbons (Fsp3) is 0.360. The number of hydrogen-bond donors (Lipinski definition) is 3. The molecule has 3 aromatic rings. The summed E-state index contributed by atoms with van der Waals surface area (Å²) in [5.74, 6) is 5.45. The Labute approximate surface area is 229 Å². The van der Waals surface area contributed by atoms with Gasteiger partial charge in [0.25, 0.3) is 0 Å². The number of sulfone groups is 2. The van der Waals surface area contributed by atoms with Crippen LogP contribution in [-0.2, 0) is 26.2 Å². The summed E-state index contributed by atoms with van der Waals surface area (Å²) in [7, 11) is -6.55. The fourth-order valence-corrected chi connectivity index (χ4v) is 6.28. The van der Waals surface area contributed by atoms with E-state index in [1.54, 1.807) is 18.2 Å². The van der Waals surface area contributed by atoms with E-state index in [1.165, 1.54) is 24.4 Å². The van der Waals surface area contributed by atoms with Crippen molar-refractivity contribution in [1.29, 1.82) is 0 Å². The molecular weight excluding hydrogens is 571 g/mol. The first-order chi connectivity index (χ1) is 18.7. The van der Waals surface area contributed by atoms with Gasteiger partial charge in [-0.25, -0.2) is 26.6 Å². The maximum Gasteiger partial charge on any atom is 0.406 e. The highest BCUT2D eigenvalue weighted by atomic mass is 32.2. The summed E-state index contributed by atoms with van der Waals surface area (Å²) in [5.41, 5.74) is 1.22. The summed E-state index contributed by atoms with van der Waals surface area (Å²) < 4.78 is 87.7. The molecule has 0 spiro atoms. The van der Waals surface area contributed by atoms with Crippen molar-refractivity contribution in [2.45, 2.75) is 36.6 Å². The molecule has 1 aromatic carbocycles. The number of carbonyl (C=O) groups is 1. The zero-order chi connectivity index (χ0) is 29.1. The van der Waals surface area contributed by atoms with Crippen LogP contribution in [0.1, 0.15) is 18.5 Å². The molecule has 3 N–H and O–H groups in total. The monoisotopic (exact) mass is 597 g/mol. The third-order valence-corrected chi connectivity index (χ3v) is 8.84. The molecule has 15 heteroatoms. The Morgan fingerprint density at radius 3 is 2.52 bits per heavy atom. The van der Waals surface area contributed by atoms with E-state index in [0.717, 1.165) is 10.8 Å². The highest BCUT2D eigenvalue weighted by Crippen LogP contribution is 2.31. The van der Waals surface area contributed by atoms with Crippen LogP contribution in [0.25, 0.3) is 10.9 Å². The third kappa shape index (κ3) is 7.66. The van der Waals surface area contributed by atoms with Gasteiger partial charge in [-0.1, -0.05) is 12.0 Å². The molecule has 0 aliphatic carbocycles. The average molecular weight is 598 g/mol. The van der Waals surface area contributed by atoms with Gasteiger partial charge in [0.2, 0.25) is 0 Å². The fourth-order valence-electron chi connectivity index (χ4n) is 4.23. The first-order valence-corrected chi connectivity index (χ1v) is 15.8. The zero-order valence-electron chi connectivity index (χ0n) is 21.2. The van der Waals surface area contributed by atoms with Crippen LogP contribution in [0, 0.1) is 11.8 Å². The molecule has 4 rings (SSSR count). The molecule has 214 valence electrons. The lowest BCUT2D eigenvalue weighted by Crippen LogP contribution is -2.32. The minimum atomic E-state index is -4.51. The molecule has 1 aliphatic rings. The molecular formula is C25H26F3N5O5S2. The van der Waals surface area contributed by atoms with Gasteiger partial charge in [0.05, 0.1) is 41.1 Å². The second-order valence-electron chi connectivity index (χ2n) is 9.31. The maximum absolute atomic E-state index is 13.4. The number of amides is 2. The molecule has 3 heterocycles. The van der Waals surface area contributed by atoms with Crippen LogP contribution in [0.3, 0.4) is 0 Å². The average Bonchev–Trinajstić information content (AvgIpc) is 3.19. The second-order valence-corrected chi connectivity index (χ2v) is 13.6. The highest BCUT2D eigenvalue weighted by molar-refractivity contribution is 7.91. The van der Waals surface area contributed by atoms with Gasteiger partial charge >= 0.3 is 12.2 Å². The number of anilines is 2. The van der Waals surface area contributed by atoms with Crippen molar-refractivity contribution < 1.29 is 34.8 Å². The summed E-state index contributed by atoms with van der Waals surface area (Å²) in [5, 5.41) is 8.55. The Morgan fingerprint density at radius 2 is 1.90 bits per heavy atom. The Hall–Kier alpha value is -3.77. The van der Waals surface area contributed by atoms with Crippen molar-refractivity contribution in [3.8, 4) is 11.8 Å². The van der Waals surface area contributed by atoms with Gasteiger partial charge in [-0.15, -0.1) is 0 Å². The van der Waals surface area contributed by atoms with Gasteiger partial charge in [0.15, 0.2) is 14.9 Å². The maximum atomic E-state index is 13.4. The Kier molecular flexibility index (Phi) is 8.31. The zero-order valence-corrected chi connectivity index (χ0v) is 22.9. The lowest BCUT2D eigenvalue weighted by molar-refractivity contribution is -0.140. The number of fused-ring (bicyclic) bond motifs is 1. The van der Waals surface area contributed by atoms with E-state index in [1.807, 2.05) is 0 Å². The molecule has 2 aromatic heterocycles. The number of alkyl halides is 3. The lowest BCUT2D eigenvalue weighted by atomic mass is 10.1. The van der Waals surface area contributed by atoms with Gasteiger partial charge in [0, 0.05) is 23.4 Å². The minimum Gasteiger partial charge on any atom is -0.382 e. The van der Waals surface area contributed by atoms with Gasteiger partial charge in [-0.3, -0.25) is 0 Å². The largest absolute Gasteiger partial charge is 0.406 e. The van der Waals surface area contributed by atoms with Crippen molar-refractivity contribution in [1.82, 2.24) is 14.9 Å². The standard InChI is InChI=1S/C25H26F3N5O5S2/c1-39(35,36)23-8-7-18(15-30-23)32-24(34)29-11-3-4-19-14-20-21(31-17-9-12-40(37,38)13-10-17)5-2-6-22(20)33(19)16-25(26,27)28/h2,5-8,14-15,17,31H,9-13,16H2,1H3,(H2,29,32,34).